The first kappa shape index (κ1) is 41.4. The van der Waals surface area contributed by atoms with Crippen molar-refractivity contribution in [3.05, 3.63) is 125 Å². The average molecular weight is 801 g/mol. The third kappa shape index (κ3) is 8.64. The highest BCUT2D eigenvalue weighted by Crippen LogP contribution is 2.47. The second-order valence-electron chi connectivity index (χ2n) is 14.6. The summed E-state index contributed by atoms with van der Waals surface area (Å²) >= 11 is 0. The van der Waals surface area contributed by atoms with Crippen molar-refractivity contribution < 1.29 is 63.6 Å². The van der Waals surface area contributed by atoms with Crippen molar-refractivity contribution in [3.8, 4) is 0 Å². The molecule has 15 nitrogen and oxygen atoms in total. The summed E-state index contributed by atoms with van der Waals surface area (Å²) in [6.07, 6.45) is -3.33. The SMILES string of the molecule is O=C(O[C@@H]1CC(C(=O)N2CCC[C@@H]2C(=O)NCCO)=C[C@H]2OC(c3ccccc3)(c3ccccc3)O[C@H]21)c1ccc(C=CCO[C@H]2O[C@H](CO)[C@H](O)[C@H](O)[C@H]2O)cc1. The van der Waals surface area contributed by atoms with Crippen molar-refractivity contribution in [2.75, 3.05) is 32.9 Å². The molecular weight excluding hydrogens is 752 g/mol. The fourth-order valence-corrected chi connectivity index (χ4v) is 7.82. The van der Waals surface area contributed by atoms with E-state index in [1.165, 1.54) is 4.90 Å². The van der Waals surface area contributed by atoms with Crippen LogP contribution in [0.4, 0.5) is 0 Å². The Labute approximate surface area is 335 Å². The number of nitrogens with zero attached hydrogens (tertiary/aromatic N) is 1. The standard InChI is InChI=1S/C43H48N2O13/c46-21-19-44-39(51)31-14-7-20-45(31)40(52)28-23-32(38-33(24-28)57-43(58-38,29-10-3-1-4-11-29)30-12-5-2-6-13-30)55-41(53)27-17-15-26(16-18-27)9-8-22-54-42-37(50)36(49)35(48)34(25-47)56-42/h1-6,8-13,15-18,24,31-38,42,46-50H,7,14,19-23,25H2,(H,44,51)/t31-,32-,33-,34-,35+,36+,37-,38+,42+/m1/s1. The summed E-state index contributed by atoms with van der Waals surface area (Å²) in [5.74, 6) is -2.75. The minimum absolute atomic E-state index is 0.00546. The highest BCUT2D eigenvalue weighted by molar-refractivity contribution is 5.98. The Bertz CT molecular complexity index is 1900. The number of hydrogen-bond acceptors (Lipinski definition) is 13. The van der Waals surface area contributed by atoms with Crippen LogP contribution >= 0.6 is 0 Å². The molecule has 3 heterocycles. The molecule has 0 radical (unpaired) electrons. The van der Waals surface area contributed by atoms with Crippen molar-refractivity contribution in [1.29, 1.82) is 0 Å². The quantitative estimate of drug-likeness (QED) is 0.134. The lowest BCUT2D eigenvalue weighted by molar-refractivity contribution is -0.298. The van der Waals surface area contributed by atoms with Crippen LogP contribution in [-0.2, 0) is 39.1 Å². The van der Waals surface area contributed by atoms with E-state index in [1.54, 1.807) is 42.5 Å². The van der Waals surface area contributed by atoms with Crippen molar-refractivity contribution in [2.24, 2.45) is 0 Å². The molecule has 3 aromatic rings. The van der Waals surface area contributed by atoms with Gasteiger partial charge in [-0.25, -0.2) is 4.79 Å². The molecule has 3 aromatic carbocycles. The number of nitrogens with one attached hydrogen (secondary N) is 1. The minimum Gasteiger partial charge on any atom is -0.456 e. The number of hydrogen-bond donors (Lipinski definition) is 6. The maximum Gasteiger partial charge on any atom is 0.338 e. The van der Waals surface area contributed by atoms with Crippen molar-refractivity contribution in [3.63, 3.8) is 0 Å². The Balaban J connectivity index is 1.09. The molecule has 7 rings (SSSR count). The van der Waals surface area contributed by atoms with Gasteiger partial charge in [0.1, 0.15) is 48.8 Å². The average Bonchev–Trinajstić information content (AvgIpc) is 3.92. The lowest BCUT2D eigenvalue weighted by atomic mass is 9.91. The highest BCUT2D eigenvalue weighted by Gasteiger charge is 2.55. The normalized spacial score (nSPS) is 29.2. The Kier molecular flexibility index (Phi) is 13.1. The lowest BCUT2D eigenvalue weighted by Crippen LogP contribution is -2.59. The molecule has 3 fully saturated rings. The number of carbonyl (C=O) groups is 3. The van der Waals surface area contributed by atoms with E-state index < -0.39 is 73.4 Å². The van der Waals surface area contributed by atoms with Crippen LogP contribution in [0.1, 0.15) is 46.3 Å². The molecule has 0 bridgehead atoms. The van der Waals surface area contributed by atoms with Crippen LogP contribution in [-0.4, -0.2) is 136 Å². The second kappa shape index (κ2) is 18.4. The number of esters is 1. The van der Waals surface area contributed by atoms with E-state index in [2.05, 4.69) is 5.32 Å². The number of carbonyl (C=O) groups excluding carboxylic acids is 3. The van der Waals surface area contributed by atoms with E-state index >= 15 is 0 Å². The summed E-state index contributed by atoms with van der Waals surface area (Å²) in [7, 11) is 0. The molecular formula is C43H48N2O13. The van der Waals surface area contributed by atoms with Gasteiger partial charge in [-0.15, -0.1) is 0 Å². The van der Waals surface area contributed by atoms with Crippen molar-refractivity contribution in [2.45, 2.75) is 80.1 Å². The van der Waals surface area contributed by atoms with E-state index in [4.69, 9.17) is 23.7 Å². The van der Waals surface area contributed by atoms with Gasteiger partial charge in [0, 0.05) is 36.2 Å². The van der Waals surface area contributed by atoms with Crippen LogP contribution in [0.3, 0.4) is 0 Å². The molecule has 3 aliphatic heterocycles. The molecule has 4 aliphatic rings. The van der Waals surface area contributed by atoms with Crippen molar-refractivity contribution in [1.82, 2.24) is 10.2 Å². The van der Waals surface area contributed by atoms with E-state index in [-0.39, 0.29) is 43.6 Å². The number of aliphatic hydroxyl groups excluding tert-OH is 5. The van der Waals surface area contributed by atoms with Gasteiger partial charge in [-0.2, -0.15) is 0 Å². The molecule has 0 spiro atoms. The third-order valence-corrected chi connectivity index (χ3v) is 10.8. The Morgan fingerprint density at radius 3 is 2.22 bits per heavy atom. The minimum atomic E-state index is -1.55. The number of rotatable bonds is 13. The predicted molar refractivity (Wildman–Crippen MR) is 205 cm³/mol. The first-order valence-electron chi connectivity index (χ1n) is 19.4. The van der Waals surface area contributed by atoms with Gasteiger partial charge in [0.2, 0.25) is 17.6 Å². The van der Waals surface area contributed by atoms with Crippen LogP contribution in [0, 0.1) is 0 Å². The fourth-order valence-electron chi connectivity index (χ4n) is 7.82. The van der Waals surface area contributed by atoms with Gasteiger partial charge >= 0.3 is 5.97 Å². The van der Waals surface area contributed by atoms with Gasteiger partial charge in [0.05, 0.1) is 25.4 Å². The van der Waals surface area contributed by atoms with E-state index in [1.807, 2.05) is 60.7 Å². The number of likely N-dealkylation sites (tertiary alicyclic amines) is 1. The number of aliphatic hydroxyl groups is 5. The topological polar surface area (TPSA) is 214 Å². The van der Waals surface area contributed by atoms with Gasteiger partial charge in [-0.05, 0) is 36.6 Å². The van der Waals surface area contributed by atoms with Crippen LogP contribution in [0.5, 0.6) is 0 Å². The molecule has 3 saturated heterocycles. The summed E-state index contributed by atoms with van der Waals surface area (Å²) in [5.41, 5.74) is 2.69. The third-order valence-electron chi connectivity index (χ3n) is 10.8. The molecule has 9 atom stereocenters. The largest absolute Gasteiger partial charge is 0.456 e. The molecule has 2 amide bonds. The van der Waals surface area contributed by atoms with Crippen LogP contribution in [0.2, 0.25) is 0 Å². The molecule has 6 N–H and O–H groups in total. The van der Waals surface area contributed by atoms with E-state index in [0.29, 0.717) is 41.6 Å². The monoisotopic (exact) mass is 800 g/mol. The summed E-state index contributed by atoms with van der Waals surface area (Å²) in [6.45, 7) is -0.389. The maximum atomic E-state index is 14.2. The summed E-state index contributed by atoms with van der Waals surface area (Å²) in [4.78, 5) is 42.5. The zero-order valence-corrected chi connectivity index (χ0v) is 31.6. The predicted octanol–water partition coefficient (Wildman–Crippen LogP) is 1.16. The van der Waals surface area contributed by atoms with E-state index in [0.717, 1.165) is 0 Å². The summed E-state index contributed by atoms with van der Waals surface area (Å²) in [6, 6.07) is 24.7. The first-order valence-corrected chi connectivity index (χ1v) is 19.4. The van der Waals surface area contributed by atoms with Gasteiger partial charge in [0.25, 0.3) is 0 Å². The van der Waals surface area contributed by atoms with Crippen LogP contribution < -0.4 is 5.32 Å². The molecule has 0 aromatic heterocycles. The number of benzene rings is 3. The zero-order chi connectivity index (χ0) is 40.8. The second-order valence-corrected chi connectivity index (χ2v) is 14.6. The van der Waals surface area contributed by atoms with Gasteiger partial charge in [-0.3, -0.25) is 9.59 Å². The number of fused-ring (bicyclic) bond motifs is 1. The highest BCUT2D eigenvalue weighted by atomic mass is 16.8. The number of amides is 2. The van der Waals surface area contributed by atoms with Gasteiger partial charge < -0.3 is 59.4 Å². The molecule has 0 unspecified atom stereocenters. The van der Waals surface area contributed by atoms with Crippen LogP contribution in [0.15, 0.2) is 103 Å². The molecule has 308 valence electrons. The lowest BCUT2D eigenvalue weighted by Gasteiger charge is -2.39. The van der Waals surface area contributed by atoms with Gasteiger partial charge in [-0.1, -0.05) is 84.9 Å². The Morgan fingerprint density at radius 2 is 1.57 bits per heavy atom. The summed E-state index contributed by atoms with van der Waals surface area (Å²) < 4.78 is 30.7. The molecule has 15 heteroatoms. The van der Waals surface area contributed by atoms with E-state index in [9.17, 15) is 39.9 Å². The Hall–Kier alpha value is -4.81. The molecule has 1 aliphatic carbocycles. The maximum absolute atomic E-state index is 14.2. The Morgan fingerprint density at radius 1 is 0.879 bits per heavy atom. The van der Waals surface area contributed by atoms with Gasteiger partial charge in [0.15, 0.2) is 6.29 Å². The number of ether oxygens (including phenoxy) is 5. The smallest absolute Gasteiger partial charge is 0.338 e. The first-order chi connectivity index (χ1) is 28.1. The zero-order valence-electron chi connectivity index (χ0n) is 31.6. The summed E-state index contributed by atoms with van der Waals surface area (Å²) in [5, 5.41) is 51.5. The fraction of sp³-hybridized carbons (Fsp3) is 0.419. The van der Waals surface area contributed by atoms with Crippen LogP contribution in [0.25, 0.3) is 6.08 Å². The molecule has 58 heavy (non-hydrogen) atoms. The molecule has 0 saturated carbocycles. The van der Waals surface area contributed by atoms with Crippen molar-refractivity contribution >= 4 is 23.9 Å².